The van der Waals surface area contributed by atoms with Crippen molar-refractivity contribution in [3.8, 4) is 0 Å². The second-order valence-electron chi connectivity index (χ2n) is 5.35. The van der Waals surface area contributed by atoms with Crippen molar-refractivity contribution in [2.45, 2.75) is 37.6 Å². The highest BCUT2D eigenvalue weighted by molar-refractivity contribution is 7.91. The Kier molecular flexibility index (Phi) is 3.56. The number of sulfone groups is 1. The van der Waals surface area contributed by atoms with Gasteiger partial charge in [0.05, 0.1) is 11.5 Å². The largest absolute Gasteiger partial charge is 0.324 e. The molecule has 0 aromatic carbocycles. The van der Waals surface area contributed by atoms with Crippen molar-refractivity contribution in [1.82, 2.24) is 4.90 Å². The Morgan fingerprint density at radius 3 is 2.44 bits per heavy atom. The molecule has 16 heavy (non-hydrogen) atoms. The summed E-state index contributed by atoms with van der Waals surface area (Å²) in [6, 6.07) is 0. The van der Waals surface area contributed by atoms with E-state index in [1.54, 1.807) is 0 Å². The predicted molar refractivity (Wildman–Crippen MR) is 65.1 cm³/mol. The minimum atomic E-state index is -2.79. The Bertz CT molecular complexity index is 334. The summed E-state index contributed by atoms with van der Waals surface area (Å²) in [4.78, 5) is 2.25. The summed E-state index contributed by atoms with van der Waals surface area (Å²) in [5.41, 5.74) is 6.27. The first-order chi connectivity index (χ1) is 7.49. The highest BCUT2D eigenvalue weighted by atomic mass is 32.2. The van der Waals surface area contributed by atoms with Crippen LogP contribution in [0.4, 0.5) is 0 Å². The maximum Gasteiger partial charge on any atom is 0.151 e. The van der Waals surface area contributed by atoms with Gasteiger partial charge in [0.1, 0.15) is 0 Å². The van der Waals surface area contributed by atoms with Gasteiger partial charge in [-0.1, -0.05) is 12.8 Å². The number of hydrogen-bond acceptors (Lipinski definition) is 4. The van der Waals surface area contributed by atoms with Gasteiger partial charge in [0.15, 0.2) is 9.84 Å². The van der Waals surface area contributed by atoms with Crippen LogP contribution in [-0.4, -0.2) is 50.0 Å². The van der Waals surface area contributed by atoms with Crippen molar-refractivity contribution in [3.63, 3.8) is 0 Å². The van der Waals surface area contributed by atoms with E-state index in [2.05, 4.69) is 4.90 Å². The van der Waals surface area contributed by atoms with Crippen LogP contribution in [0, 0.1) is 0 Å². The van der Waals surface area contributed by atoms with Crippen molar-refractivity contribution in [2.24, 2.45) is 5.73 Å². The maximum absolute atomic E-state index is 11.5. The molecule has 0 atom stereocenters. The van der Waals surface area contributed by atoms with Crippen LogP contribution in [0.3, 0.4) is 0 Å². The van der Waals surface area contributed by atoms with E-state index >= 15 is 0 Å². The van der Waals surface area contributed by atoms with Crippen LogP contribution in [0.1, 0.15) is 32.1 Å². The molecule has 2 fully saturated rings. The van der Waals surface area contributed by atoms with Crippen LogP contribution in [0.15, 0.2) is 0 Å². The van der Waals surface area contributed by atoms with E-state index in [4.69, 9.17) is 5.73 Å². The second kappa shape index (κ2) is 4.63. The van der Waals surface area contributed by atoms with Gasteiger partial charge in [-0.25, -0.2) is 8.42 Å². The van der Waals surface area contributed by atoms with E-state index < -0.39 is 9.84 Å². The van der Waals surface area contributed by atoms with Crippen LogP contribution in [0.2, 0.25) is 0 Å². The summed E-state index contributed by atoms with van der Waals surface area (Å²) in [5.74, 6) is 0.657. The molecule has 0 aromatic heterocycles. The van der Waals surface area contributed by atoms with Gasteiger partial charge in [-0.15, -0.1) is 0 Å². The number of nitrogens with zero attached hydrogens (tertiary/aromatic N) is 1. The first kappa shape index (κ1) is 12.3. The van der Waals surface area contributed by atoms with Gasteiger partial charge < -0.3 is 10.6 Å². The van der Waals surface area contributed by atoms with Crippen LogP contribution < -0.4 is 5.73 Å². The van der Waals surface area contributed by atoms with Crippen molar-refractivity contribution in [3.05, 3.63) is 0 Å². The Hall–Kier alpha value is -0.130. The average Bonchev–Trinajstić information content (AvgIpc) is 2.54. The lowest BCUT2D eigenvalue weighted by atomic mass is 9.98. The molecule has 4 nitrogen and oxygen atoms in total. The molecule has 0 unspecified atom stereocenters. The van der Waals surface area contributed by atoms with E-state index in [9.17, 15) is 8.42 Å². The summed E-state index contributed by atoms with van der Waals surface area (Å²) in [6.07, 6.45) is 5.40. The fraction of sp³-hybridized carbons (Fsp3) is 1.00. The Labute approximate surface area is 98.1 Å². The highest BCUT2D eigenvalue weighted by Gasteiger charge is 2.32. The van der Waals surface area contributed by atoms with E-state index in [0.29, 0.717) is 18.1 Å². The zero-order valence-corrected chi connectivity index (χ0v) is 10.6. The molecule has 1 aliphatic heterocycles. The van der Waals surface area contributed by atoms with Gasteiger partial charge in [0.2, 0.25) is 0 Å². The van der Waals surface area contributed by atoms with E-state index in [1.165, 1.54) is 12.8 Å². The molecule has 1 heterocycles. The molecule has 94 valence electrons. The number of rotatable bonds is 2. The third kappa shape index (κ3) is 3.18. The molecule has 2 rings (SSSR count). The average molecular weight is 246 g/mol. The SMILES string of the molecule is NC1(CN2CCCS(=O)(=O)CC2)CCCC1. The molecule has 1 aliphatic carbocycles. The number of nitrogens with two attached hydrogens (primary N) is 1. The monoisotopic (exact) mass is 246 g/mol. The molecule has 1 saturated heterocycles. The molecular formula is C11H22N2O2S. The lowest BCUT2D eigenvalue weighted by Gasteiger charge is -2.31. The van der Waals surface area contributed by atoms with Gasteiger partial charge in [0.25, 0.3) is 0 Å². The van der Waals surface area contributed by atoms with E-state index in [0.717, 1.165) is 32.4 Å². The standard InChI is InChI=1S/C11H22N2O2S/c12-11(4-1-2-5-11)10-13-6-3-8-16(14,15)9-7-13/h1-10,12H2. The predicted octanol–water partition coefficient (Wildman–Crippen LogP) is 0.378. The Morgan fingerprint density at radius 2 is 1.75 bits per heavy atom. The summed E-state index contributed by atoms with van der Waals surface area (Å²) in [5, 5.41) is 0. The molecule has 2 N–H and O–H groups in total. The zero-order chi connectivity index (χ0) is 11.6. The van der Waals surface area contributed by atoms with E-state index in [1.807, 2.05) is 0 Å². The topological polar surface area (TPSA) is 63.4 Å². The van der Waals surface area contributed by atoms with Crippen molar-refractivity contribution >= 4 is 9.84 Å². The van der Waals surface area contributed by atoms with Gasteiger partial charge in [-0.3, -0.25) is 0 Å². The first-order valence-electron chi connectivity index (χ1n) is 6.21. The van der Waals surface area contributed by atoms with Gasteiger partial charge in [-0.2, -0.15) is 0 Å². The summed E-state index contributed by atoms with van der Waals surface area (Å²) in [6.45, 7) is 2.43. The molecule has 0 aromatic rings. The minimum absolute atomic E-state index is 0.0475. The quantitative estimate of drug-likeness (QED) is 0.765. The normalized spacial score (nSPS) is 30.1. The maximum atomic E-state index is 11.5. The highest BCUT2D eigenvalue weighted by Crippen LogP contribution is 2.28. The lowest BCUT2D eigenvalue weighted by molar-refractivity contribution is 0.222. The Morgan fingerprint density at radius 1 is 1.06 bits per heavy atom. The number of hydrogen-bond donors (Lipinski definition) is 1. The summed E-state index contributed by atoms with van der Waals surface area (Å²) >= 11 is 0. The summed E-state index contributed by atoms with van der Waals surface area (Å²) < 4.78 is 23.0. The smallest absolute Gasteiger partial charge is 0.151 e. The lowest BCUT2D eigenvalue weighted by Crippen LogP contribution is -2.48. The summed E-state index contributed by atoms with van der Waals surface area (Å²) in [7, 11) is -2.79. The first-order valence-corrected chi connectivity index (χ1v) is 8.03. The van der Waals surface area contributed by atoms with Crippen LogP contribution in [0.5, 0.6) is 0 Å². The van der Waals surface area contributed by atoms with Gasteiger partial charge >= 0.3 is 0 Å². The molecule has 0 bridgehead atoms. The molecule has 0 amide bonds. The van der Waals surface area contributed by atoms with Crippen LogP contribution >= 0.6 is 0 Å². The third-order valence-corrected chi connectivity index (χ3v) is 5.50. The van der Waals surface area contributed by atoms with E-state index in [-0.39, 0.29) is 5.54 Å². The Balaban J connectivity index is 1.91. The molecule has 0 radical (unpaired) electrons. The third-order valence-electron chi connectivity index (χ3n) is 3.79. The fourth-order valence-corrected chi connectivity index (χ4v) is 4.14. The molecule has 1 saturated carbocycles. The van der Waals surface area contributed by atoms with Gasteiger partial charge in [0, 0.05) is 18.6 Å². The van der Waals surface area contributed by atoms with Crippen LogP contribution in [0.25, 0.3) is 0 Å². The fourth-order valence-electron chi connectivity index (χ4n) is 2.83. The van der Waals surface area contributed by atoms with Crippen molar-refractivity contribution in [1.29, 1.82) is 0 Å². The second-order valence-corrected chi connectivity index (χ2v) is 7.65. The van der Waals surface area contributed by atoms with Crippen molar-refractivity contribution < 1.29 is 8.42 Å². The van der Waals surface area contributed by atoms with Crippen LogP contribution in [-0.2, 0) is 9.84 Å². The molecule has 2 aliphatic rings. The van der Waals surface area contributed by atoms with Gasteiger partial charge in [-0.05, 0) is 25.8 Å². The molecule has 5 heteroatoms. The molecule has 0 spiro atoms. The van der Waals surface area contributed by atoms with Crippen molar-refractivity contribution in [2.75, 3.05) is 31.1 Å². The minimum Gasteiger partial charge on any atom is -0.324 e. The molecular weight excluding hydrogens is 224 g/mol. The zero-order valence-electron chi connectivity index (χ0n) is 9.82.